The molecule has 0 radical (unpaired) electrons. The smallest absolute Gasteiger partial charge is 0.262 e. The molecule has 12 heterocycles. The van der Waals surface area contributed by atoms with E-state index in [0.717, 1.165) is 86.9 Å². The second-order valence-electron chi connectivity index (χ2n) is 29.8. The van der Waals surface area contributed by atoms with Crippen molar-refractivity contribution in [2.45, 2.75) is 135 Å². The van der Waals surface area contributed by atoms with Crippen molar-refractivity contribution >= 4 is 117 Å². The van der Waals surface area contributed by atoms with Gasteiger partial charge in [0.2, 0.25) is 27.7 Å². The number of pyridine rings is 10. The molecule has 3 fully saturated rings. The number of carbonyl (C=O) groups excluding carboxylic acids is 6. The lowest BCUT2D eigenvalue weighted by Gasteiger charge is -2.23. The minimum absolute atomic E-state index is 0.00976. The van der Waals surface area contributed by atoms with Crippen molar-refractivity contribution in [1.29, 1.82) is 0 Å². The normalized spacial score (nSPS) is 13.1. The van der Waals surface area contributed by atoms with Crippen molar-refractivity contribution in [3.63, 3.8) is 0 Å². The zero-order chi connectivity index (χ0) is 88.5. The van der Waals surface area contributed by atoms with E-state index in [9.17, 15) is 54.0 Å². The molecule has 0 atom stereocenters. The Kier molecular flexibility index (Phi) is 29.5. The van der Waals surface area contributed by atoms with Gasteiger partial charge in [0, 0.05) is 166 Å². The number of hydrogen-bond donors (Lipinski definition) is 8. The Morgan fingerprint density at radius 2 is 1.00 bits per heavy atom. The van der Waals surface area contributed by atoms with Crippen molar-refractivity contribution in [2.24, 2.45) is 5.92 Å². The predicted octanol–water partition coefficient (Wildman–Crippen LogP) is 12.0. The van der Waals surface area contributed by atoms with Crippen LogP contribution in [0.25, 0.3) is 66.7 Å². The second-order valence-corrected chi connectivity index (χ2v) is 35.7. The largest absolute Gasteiger partial charge is 0.383 e. The lowest BCUT2D eigenvalue weighted by Crippen LogP contribution is -2.39. The van der Waals surface area contributed by atoms with Gasteiger partial charge in [0.05, 0.1) is 50.4 Å². The lowest BCUT2D eigenvalue weighted by molar-refractivity contribution is -0.117. The number of aromatic amines is 1. The highest BCUT2D eigenvalue weighted by molar-refractivity contribution is 7.93. The van der Waals surface area contributed by atoms with Crippen LogP contribution in [0.4, 0.5) is 40.5 Å². The molecular weight excluding hydrogens is 1630 g/mol. The van der Waals surface area contributed by atoms with Gasteiger partial charge < -0.3 is 37.5 Å². The first kappa shape index (κ1) is 90.2. The molecule has 123 heavy (non-hydrogen) atoms. The first-order valence-corrected chi connectivity index (χ1v) is 43.7. The SMILES string of the molecule is CC(=O)Cc1cc(-c2cnc(C)c(NS(=O)(=O)c3ccccc3C)c2)ccn1.CC(=O)Cc1cc(-c2cnc3[nH]ncc3c2)c(C)cn1.CC(=O)Nc1cc(-c2cnc(C)c(N(C)S(=O)(=O)C3CC3)c2)ccn1.CC(=O)Nc1cc(-c2cnc(N)c(C(=O)NC3CCOCC3)c2)ccn1.CC(=O)Nc1cc(-c2cnc(N)c(S(=O)(=O)CC3CC3)c2)ccn1. The molecule has 11 aromatic heterocycles. The minimum Gasteiger partial charge on any atom is -0.383 e. The predicted molar refractivity (Wildman–Crippen MR) is 470 cm³/mol. The molecule has 0 bridgehead atoms. The molecule has 3 aliphatic rings. The van der Waals surface area contributed by atoms with Crippen molar-refractivity contribution < 1.29 is 58.8 Å². The summed E-state index contributed by atoms with van der Waals surface area (Å²) in [5.41, 5.74) is 26.1. The number of carbonyl (C=O) groups is 6. The van der Waals surface area contributed by atoms with Gasteiger partial charge in [-0.2, -0.15) is 5.10 Å². The number of ketones is 2. The summed E-state index contributed by atoms with van der Waals surface area (Å²) in [6.07, 6.45) is 23.6. The number of benzene rings is 1. The summed E-state index contributed by atoms with van der Waals surface area (Å²) in [6, 6.07) is 31.7. The van der Waals surface area contributed by atoms with Crippen LogP contribution >= 0.6 is 0 Å². The lowest BCUT2D eigenvalue weighted by atomic mass is 10.0. The van der Waals surface area contributed by atoms with E-state index in [1.165, 1.54) is 50.5 Å². The molecule has 15 rings (SSSR count). The fourth-order valence-corrected chi connectivity index (χ4v) is 17.6. The average Bonchev–Trinajstić information content (AvgIpc) is 1.55. The number of nitrogens with zero attached hydrogens (tertiary/aromatic N) is 12. The maximum absolute atomic E-state index is 12.8. The molecule has 36 heteroatoms. The van der Waals surface area contributed by atoms with Crippen LogP contribution in [-0.2, 0) is 71.4 Å². The summed E-state index contributed by atoms with van der Waals surface area (Å²) in [4.78, 5) is 111. The number of sulfonamides is 2. The first-order valence-electron chi connectivity index (χ1n) is 39.1. The Balaban J connectivity index is 0.000000150. The summed E-state index contributed by atoms with van der Waals surface area (Å²) >= 11 is 0. The van der Waals surface area contributed by atoms with E-state index < -0.39 is 29.9 Å². The molecule has 2 saturated carbocycles. The number of rotatable bonds is 23. The molecule has 4 amide bonds. The standard InChI is InChI=1S/C21H21N3O3S.C18H21N5O3.C17H20N4O3S.C16H18N4O3S.C15H14N4O/c1-14-6-4-5-7-21(14)28(26,27)24-20-12-18(13-23-16(20)3)17-8-9-22-19(11-17)10-15(2)25;1-11(24)22-16-9-12(2-5-20-16)13-8-15(17(19)21-10-13)18(25)23-14-3-6-26-7-4-14;1-11-16(21(3)25(23,24)15-4-5-15)8-14(10-19-11)13-6-7-18-17(9-13)20-12(2)22;1-10(21)20-15-7-12(4-5-18-15)13-6-14(16(17)19-8-13)24(22,23)9-11-2-3-11;1-9-6-16-13(3-10(2)20)5-14(9)11-4-12-8-18-19-15(12)17-7-11/h4-9,11-13,24H,10H2,1-3H3;2,5,8-10,14H,3-4,6-7H2,1H3,(H2,19,21)(H,23,25)(H,20,22,24);6-10,15H,4-5H2,1-3H3,(H,18,20,22);4-8,11H,2-3,9H2,1H3,(H2,17,19)(H,18,20,21);4-8H,3H2,1-2H3,(H,17,18,19). The number of anilines is 7. The quantitative estimate of drug-likeness (QED) is 0.0295. The Bertz CT molecular complexity index is 6320. The third kappa shape index (κ3) is 25.0. The maximum Gasteiger partial charge on any atom is 0.262 e. The Hall–Kier alpha value is -13.6. The topological polar surface area (TPSA) is 487 Å². The fourth-order valence-electron chi connectivity index (χ4n) is 12.8. The highest BCUT2D eigenvalue weighted by Crippen LogP contribution is 2.38. The van der Waals surface area contributed by atoms with Crippen LogP contribution in [0, 0.1) is 33.6 Å². The number of nitrogen functional groups attached to an aromatic ring is 2. The maximum atomic E-state index is 12.8. The third-order valence-corrected chi connectivity index (χ3v) is 25.2. The number of nitrogens with one attached hydrogen (secondary N) is 6. The molecule has 1 aliphatic heterocycles. The van der Waals surface area contributed by atoms with Gasteiger partial charge in [0.1, 0.15) is 45.6 Å². The van der Waals surface area contributed by atoms with Gasteiger partial charge in [0.25, 0.3) is 15.9 Å². The van der Waals surface area contributed by atoms with Crippen molar-refractivity contribution in [3.8, 4) is 55.6 Å². The number of ether oxygens (including phenoxy) is 1. The van der Waals surface area contributed by atoms with Gasteiger partial charge in [-0.05, 0) is 216 Å². The molecule has 12 aromatic rings. The van der Waals surface area contributed by atoms with Gasteiger partial charge in [-0.25, -0.2) is 55.2 Å². The number of H-pyrrole nitrogens is 1. The van der Waals surface area contributed by atoms with E-state index in [-0.39, 0.29) is 86.0 Å². The van der Waals surface area contributed by atoms with E-state index in [1.807, 2.05) is 25.1 Å². The zero-order valence-corrected chi connectivity index (χ0v) is 71.8. The number of nitrogens with two attached hydrogens (primary N) is 2. The number of aromatic nitrogens is 12. The molecule has 0 unspecified atom stereocenters. The minimum atomic E-state index is -3.74. The van der Waals surface area contributed by atoms with E-state index in [2.05, 4.69) is 86.0 Å². The van der Waals surface area contributed by atoms with Crippen LogP contribution in [0.1, 0.15) is 117 Å². The molecule has 10 N–H and O–H groups in total. The van der Waals surface area contributed by atoms with E-state index in [1.54, 1.807) is 175 Å². The number of hydrogen-bond acceptors (Lipinski definition) is 26. The van der Waals surface area contributed by atoms with Crippen molar-refractivity contribution in [2.75, 3.05) is 62.5 Å². The van der Waals surface area contributed by atoms with Gasteiger partial charge in [-0.15, -0.1) is 0 Å². The molecular formula is C87H94N20O13S3. The summed E-state index contributed by atoms with van der Waals surface area (Å²) < 4.78 is 84.9. The second kappa shape index (κ2) is 40.2. The third-order valence-electron chi connectivity index (χ3n) is 19.5. The summed E-state index contributed by atoms with van der Waals surface area (Å²) in [5, 5.41) is 18.3. The van der Waals surface area contributed by atoms with Crippen LogP contribution in [0.3, 0.4) is 0 Å². The van der Waals surface area contributed by atoms with Gasteiger partial charge in [-0.1, -0.05) is 18.2 Å². The summed E-state index contributed by atoms with van der Waals surface area (Å²) in [5.74, 6) is 1.01. The van der Waals surface area contributed by atoms with Gasteiger partial charge in [-0.3, -0.25) is 62.8 Å². The van der Waals surface area contributed by atoms with Crippen LogP contribution in [0.15, 0.2) is 187 Å². The number of Topliss-reactive ketones (excluding diaryl/α,β-unsaturated/α-hetero) is 2. The molecule has 1 aromatic carbocycles. The highest BCUT2D eigenvalue weighted by Gasteiger charge is 2.39. The number of fused-ring (bicyclic) bond motifs is 1. The molecule has 1 saturated heterocycles. The number of aryl methyl sites for hydroxylation is 4. The number of amides is 4. The van der Waals surface area contributed by atoms with Crippen LogP contribution < -0.4 is 41.8 Å². The monoisotopic (exact) mass is 1720 g/mol. The van der Waals surface area contributed by atoms with Crippen LogP contribution in [-0.4, -0.2) is 158 Å². The highest BCUT2D eigenvalue weighted by atomic mass is 32.2. The Labute approximate surface area is 712 Å². The zero-order valence-electron chi connectivity index (χ0n) is 69.3. The van der Waals surface area contributed by atoms with Crippen LogP contribution in [0.5, 0.6) is 0 Å². The fraction of sp³-hybridized carbons (Fsp3) is 0.276. The Morgan fingerprint density at radius 3 is 1.56 bits per heavy atom. The Morgan fingerprint density at radius 1 is 0.488 bits per heavy atom. The molecule has 0 spiro atoms. The number of sulfone groups is 1. The van der Waals surface area contributed by atoms with Gasteiger partial charge in [0.15, 0.2) is 15.5 Å². The van der Waals surface area contributed by atoms with Crippen molar-refractivity contribution in [3.05, 3.63) is 217 Å². The first-order chi connectivity index (χ1) is 58.5. The molecule has 2 aliphatic carbocycles. The average molecular weight is 1720 g/mol. The van der Waals surface area contributed by atoms with Crippen molar-refractivity contribution in [1.82, 2.24) is 65.4 Å². The molecule has 33 nitrogen and oxygen atoms in total. The molecule has 638 valence electrons. The van der Waals surface area contributed by atoms with E-state index in [4.69, 9.17) is 16.2 Å². The van der Waals surface area contributed by atoms with Crippen LogP contribution in [0.2, 0.25) is 0 Å². The summed E-state index contributed by atoms with van der Waals surface area (Å²) in [7, 11) is -8.97. The van der Waals surface area contributed by atoms with E-state index >= 15 is 0 Å². The summed E-state index contributed by atoms with van der Waals surface area (Å²) in [6.45, 7) is 15.9. The van der Waals surface area contributed by atoms with E-state index in [0.29, 0.717) is 106 Å². The van der Waals surface area contributed by atoms with Gasteiger partial charge >= 0.3 is 0 Å².